The third kappa shape index (κ3) is 3.01. The Morgan fingerprint density at radius 3 is 2.55 bits per heavy atom. The molecular weight excluding hydrogens is 280 g/mol. The zero-order valence-corrected chi connectivity index (χ0v) is 10.2. The Bertz CT molecular complexity index is 610. The lowest BCUT2D eigenvalue weighted by atomic mass is 10.2. The first-order valence-corrected chi connectivity index (χ1v) is 5.49. The molecule has 1 heterocycles. The van der Waals surface area contributed by atoms with Crippen LogP contribution in [0, 0.1) is 12.7 Å². The normalized spacial score (nSPS) is 13.2. The van der Waals surface area contributed by atoms with Crippen LogP contribution in [0.25, 0.3) is 0 Å². The van der Waals surface area contributed by atoms with Gasteiger partial charge in [-0.25, -0.2) is 4.39 Å². The molecule has 0 amide bonds. The van der Waals surface area contributed by atoms with Gasteiger partial charge in [-0.2, -0.15) is 13.2 Å². The van der Waals surface area contributed by atoms with E-state index in [1.54, 1.807) is 0 Å². The van der Waals surface area contributed by atoms with E-state index in [9.17, 15) is 17.6 Å². The summed E-state index contributed by atoms with van der Waals surface area (Å²) in [4.78, 5) is 0. The van der Waals surface area contributed by atoms with Gasteiger partial charge < -0.3 is 15.0 Å². The monoisotopic (exact) mass is 290 g/mol. The molecule has 0 aliphatic rings. The fourth-order valence-corrected chi connectivity index (χ4v) is 1.53. The number of nitrogens with two attached hydrogens (primary N) is 1. The van der Waals surface area contributed by atoms with Crippen molar-refractivity contribution >= 4 is 5.69 Å². The maximum absolute atomic E-state index is 13.0. The lowest BCUT2D eigenvalue weighted by molar-refractivity contribution is -0.203. The lowest BCUT2D eigenvalue weighted by Gasteiger charge is -2.20. The largest absolute Gasteiger partial charge is 0.470 e. The van der Waals surface area contributed by atoms with Crippen LogP contribution in [0.3, 0.4) is 0 Å². The number of hydrogen-bond donors (Lipinski definition) is 1. The van der Waals surface area contributed by atoms with E-state index < -0.39 is 29.6 Å². The topological polar surface area (TPSA) is 61.3 Å². The summed E-state index contributed by atoms with van der Waals surface area (Å²) in [6, 6.07) is 4.00. The number of rotatable bonds is 3. The number of halogens is 4. The number of hydrogen-bond acceptors (Lipinski definition) is 4. The van der Waals surface area contributed by atoms with E-state index >= 15 is 0 Å². The molecule has 0 fully saturated rings. The minimum atomic E-state index is -4.76. The number of nitrogen functional groups attached to an aromatic ring is 1. The smallest absolute Gasteiger partial charge is 0.432 e. The van der Waals surface area contributed by atoms with Crippen molar-refractivity contribution in [3.63, 3.8) is 0 Å². The van der Waals surface area contributed by atoms with Gasteiger partial charge in [0, 0.05) is 12.1 Å². The van der Waals surface area contributed by atoms with Crippen LogP contribution in [0.1, 0.15) is 17.6 Å². The molecule has 1 aromatic carbocycles. The van der Waals surface area contributed by atoms with E-state index in [4.69, 9.17) is 10.5 Å². The number of anilines is 1. The predicted octanol–water partition coefficient (Wildman–Crippen LogP) is 3.39. The molecule has 0 aliphatic heterocycles. The van der Waals surface area contributed by atoms with Gasteiger partial charge in [0.25, 0.3) is 6.10 Å². The first-order chi connectivity index (χ1) is 9.27. The fraction of sp³-hybridized carbons (Fsp3) is 0.250. The highest BCUT2D eigenvalue weighted by molar-refractivity contribution is 5.52. The van der Waals surface area contributed by atoms with E-state index in [1.807, 2.05) is 0 Å². The van der Waals surface area contributed by atoms with Crippen molar-refractivity contribution in [3.8, 4) is 5.75 Å². The van der Waals surface area contributed by atoms with Gasteiger partial charge in [-0.15, -0.1) is 0 Å². The molecule has 4 nitrogen and oxygen atoms in total. The van der Waals surface area contributed by atoms with Crippen LogP contribution in [0.15, 0.2) is 28.8 Å². The number of nitrogens with zero attached hydrogens (tertiary/aromatic N) is 1. The second kappa shape index (κ2) is 5.03. The molecule has 2 N–H and O–H groups in total. The molecule has 20 heavy (non-hydrogen) atoms. The molecule has 108 valence electrons. The zero-order chi connectivity index (χ0) is 14.9. The van der Waals surface area contributed by atoms with Crippen LogP contribution >= 0.6 is 0 Å². The van der Waals surface area contributed by atoms with Crippen LogP contribution in [0.5, 0.6) is 5.75 Å². The molecular formula is C12H10F4N2O2. The number of aryl methyl sites for hydroxylation is 1. The standard InChI is InChI=1S/C12H10F4N2O2/c1-6-4-10(20-18-6)11(12(14,15)16)19-9-5-7(13)2-3-8(9)17/h2-5,11H,17H2,1H3/t11-/m0/s1. The molecule has 0 unspecified atom stereocenters. The van der Waals surface area contributed by atoms with Crippen LogP contribution in [-0.2, 0) is 0 Å². The Morgan fingerprint density at radius 1 is 1.30 bits per heavy atom. The summed E-state index contributed by atoms with van der Waals surface area (Å²) in [6.45, 7) is 1.47. The minimum absolute atomic E-state index is 0.114. The minimum Gasteiger partial charge on any atom is -0.470 e. The van der Waals surface area contributed by atoms with Gasteiger partial charge in [-0.05, 0) is 19.1 Å². The summed E-state index contributed by atoms with van der Waals surface area (Å²) in [5.41, 5.74) is 5.61. The summed E-state index contributed by atoms with van der Waals surface area (Å²) in [6.07, 6.45) is -7.17. The number of benzene rings is 1. The van der Waals surface area contributed by atoms with Gasteiger partial charge >= 0.3 is 6.18 Å². The molecule has 2 rings (SSSR count). The zero-order valence-electron chi connectivity index (χ0n) is 10.2. The highest BCUT2D eigenvalue weighted by Crippen LogP contribution is 2.38. The van der Waals surface area contributed by atoms with Crippen molar-refractivity contribution < 1.29 is 26.8 Å². The second-order valence-corrected chi connectivity index (χ2v) is 4.09. The fourth-order valence-electron chi connectivity index (χ4n) is 1.53. The highest BCUT2D eigenvalue weighted by Gasteiger charge is 2.46. The van der Waals surface area contributed by atoms with Crippen LogP contribution in [-0.4, -0.2) is 11.3 Å². The first-order valence-electron chi connectivity index (χ1n) is 5.49. The van der Waals surface area contributed by atoms with Gasteiger partial charge in [0.15, 0.2) is 5.76 Å². The quantitative estimate of drug-likeness (QED) is 0.695. The predicted molar refractivity (Wildman–Crippen MR) is 61.5 cm³/mol. The molecule has 1 atom stereocenters. The molecule has 0 saturated heterocycles. The Kier molecular flexibility index (Phi) is 3.56. The Morgan fingerprint density at radius 2 is 2.00 bits per heavy atom. The average molecular weight is 290 g/mol. The Balaban J connectivity index is 2.36. The summed E-state index contributed by atoms with van der Waals surface area (Å²) in [5.74, 6) is -1.70. The summed E-state index contributed by atoms with van der Waals surface area (Å²) in [7, 11) is 0. The average Bonchev–Trinajstić information content (AvgIpc) is 2.75. The molecule has 0 bridgehead atoms. The van der Waals surface area contributed by atoms with E-state index in [1.165, 1.54) is 6.92 Å². The number of ether oxygens (including phenoxy) is 1. The maximum atomic E-state index is 13.0. The van der Waals surface area contributed by atoms with Gasteiger partial charge in [-0.1, -0.05) is 5.16 Å². The van der Waals surface area contributed by atoms with Crippen LogP contribution < -0.4 is 10.5 Å². The van der Waals surface area contributed by atoms with Crippen LogP contribution in [0.4, 0.5) is 23.2 Å². The Hall–Kier alpha value is -2.25. The third-order valence-electron chi connectivity index (χ3n) is 2.42. The molecule has 1 aromatic heterocycles. The van der Waals surface area contributed by atoms with Crippen molar-refractivity contribution in [2.45, 2.75) is 19.2 Å². The van der Waals surface area contributed by atoms with Gasteiger partial charge in [0.1, 0.15) is 11.6 Å². The van der Waals surface area contributed by atoms with E-state index in [0.29, 0.717) is 0 Å². The van der Waals surface area contributed by atoms with Crippen molar-refractivity contribution in [1.29, 1.82) is 0 Å². The van der Waals surface area contributed by atoms with Crippen molar-refractivity contribution in [2.75, 3.05) is 5.73 Å². The molecule has 0 aliphatic carbocycles. The van der Waals surface area contributed by atoms with Crippen LogP contribution in [0.2, 0.25) is 0 Å². The van der Waals surface area contributed by atoms with Crippen molar-refractivity contribution in [2.24, 2.45) is 0 Å². The van der Waals surface area contributed by atoms with Crippen molar-refractivity contribution in [3.05, 3.63) is 41.5 Å². The van der Waals surface area contributed by atoms with E-state index in [-0.39, 0.29) is 11.4 Å². The van der Waals surface area contributed by atoms with Gasteiger partial charge in [-0.3, -0.25) is 0 Å². The van der Waals surface area contributed by atoms with Gasteiger partial charge in [0.05, 0.1) is 11.4 Å². The maximum Gasteiger partial charge on any atom is 0.432 e. The van der Waals surface area contributed by atoms with E-state index in [2.05, 4.69) is 9.68 Å². The molecule has 2 aromatic rings. The van der Waals surface area contributed by atoms with E-state index in [0.717, 1.165) is 24.3 Å². The lowest BCUT2D eigenvalue weighted by Crippen LogP contribution is -2.26. The van der Waals surface area contributed by atoms with Gasteiger partial charge in [0.2, 0.25) is 0 Å². The molecule has 0 radical (unpaired) electrons. The molecule has 0 saturated carbocycles. The molecule has 0 spiro atoms. The third-order valence-corrected chi connectivity index (χ3v) is 2.42. The number of aromatic nitrogens is 1. The summed E-state index contributed by atoms with van der Waals surface area (Å²) in [5, 5.41) is 3.37. The summed E-state index contributed by atoms with van der Waals surface area (Å²) < 4.78 is 61.3. The van der Waals surface area contributed by atoms with Crippen molar-refractivity contribution in [1.82, 2.24) is 5.16 Å². The second-order valence-electron chi connectivity index (χ2n) is 4.09. The molecule has 8 heteroatoms. The Labute approximate surface area is 111 Å². The highest BCUT2D eigenvalue weighted by atomic mass is 19.4. The number of alkyl halides is 3. The first kappa shape index (κ1) is 14.2. The summed E-state index contributed by atoms with van der Waals surface area (Å²) >= 11 is 0. The SMILES string of the molecule is Cc1cc([C@H](Oc2cc(F)ccc2N)C(F)(F)F)on1.